The molecule has 0 aromatic carbocycles. The summed E-state index contributed by atoms with van der Waals surface area (Å²) in [5.74, 6) is -2.04. The van der Waals surface area contributed by atoms with Gasteiger partial charge in [-0.2, -0.15) is 13.2 Å². The third kappa shape index (κ3) is 4.08. The SMILES string of the molecule is Cc1ccc(C(O)(CC(=O)N(C)CC(=O)NC2CC2)C(F)(F)F)o1. The van der Waals surface area contributed by atoms with Crippen molar-refractivity contribution in [2.45, 2.75) is 44.0 Å². The first-order valence-electron chi connectivity index (χ1n) is 7.42. The molecule has 0 radical (unpaired) electrons. The van der Waals surface area contributed by atoms with Crippen LogP contribution in [0.25, 0.3) is 0 Å². The summed E-state index contributed by atoms with van der Waals surface area (Å²) >= 11 is 0. The highest BCUT2D eigenvalue weighted by molar-refractivity contribution is 5.85. The number of aryl methyl sites for hydroxylation is 1. The Morgan fingerprint density at radius 1 is 1.38 bits per heavy atom. The number of nitrogens with one attached hydrogen (secondary N) is 1. The highest BCUT2D eigenvalue weighted by Crippen LogP contribution is 2.42. The molecule has 1 aliphatic rings. The third-order valence-electron chi connectivity index (χ3n) is 3.77. The largest absolute Gasteiger partial charge is 0.463 e. The molecular formula is C15H19F3N2O4. The summed E-state index contributed by atoms with van der Waals surface area (Å²) in [4.78, 5) is 24.6. The number of aliphatic hydroxyl groups is 1. The molecule has 1 fully saturated rings. The molecule has 2 amide bonds. The van der Waals surface area contributed by atoms with E-state index in [1.807, 2.05) is 0 Å². The Bertz CT molecular complexity index is 624. The van der Waals surface area contributed by atoms with Crippen LogP contribution < -0.4 is 5.32 Å². The van der Waals surface area contributed by atoms with E-state index < -0.39 is 35.8 Å². The number of carbonyl (C=O) groups excluding carboxylic acids is 2. The maximum atomic E-state index is 13.3. The van der Waals surface area contributed by atoms with Crippen LogP contribution in [0.4, 0.5) is 13.2 Å². The molecule has 1 aromatic heterocycles. The van der Waals surface area contributed by atoms with Crippen LogP contribution >= 0.6 is 0 Å². The van der Waals surface area contributed by atoms with Gasteiger partial charge in [-0.15, -0.1) is 0 Å². The summed E-state index contributed by atoms with van der Waals surface area (Å²) in [6.45, 7) is 1.05. The summed E-state index contributed by atoms with van der Waals surface area (Å²) in [5.41, 5.74) is -3.44. The van der Waals surface area contributed by atoms with Gasteiger partial charge in [-0.3, -0.25) is 9.59 Å². The van der Waals surface area contributed by atoms with Gasteiger partial charge in [0, 0.05) is 13.1 Å². The van der Waals surface area contributed by atoms with E-state index in [1.165, 1.54) is 20.0 Å². The molecule has 1 atom stereocenters. The number of alkyl halides is 3. The van der Waals surface area contributed by atoms with Crippen molar-refractivity contribution >= 4 is 11.8 Å². The summed E-state index contributed by atoms with van der Waals surface area (Å²) in [5, 5.41) is 12.7. The Labute approximate surface area is 136 Å². The number of hydrogen-bond acceptors (Lipinski definition) is 4. The van der Waals surface area contributed by atoms with Crippen LogP contribution in [-0.4, -0.2) is 47.6 Å². The van der Waals surface area contributed by atoms with E-state index in [0.29, 0.717) is 0 Å². The van der Waals surface area contributed by atoms with E-state index in [9.17, 15) is 27.9 Å². The van der Waals surface area contributed by atoms with Gasteiger partial charge in [-0.25, -0.2) is 0 Å². The lowest BCUT2D eigenvalue weighted by Crippen LogP contribution is -2.47. The van der Waals surface area contributed by atoms with Crippen LogP contribution in [0.15, 0.2) is 16.5 Å². The molecule has 9 heteroatoms. The zero-order valence-electron chi connectivity index (χ0n) is 13.3. The Balaban J connectivity index is 2.08. The smallest absolute Gasteiger partial charge is 0.425 e. The first kappa shape index (κ1) is 18.3. The molecule has 1 heterocycles. The first-order valence-corrected chi connectivity index (χ1v) is 7.42. The molecule has 1 aromatic rings. The van der Waals surface area contributed by atoms with Gasteiger partial charge < -0.3 is 19.7 Å². The van der Waals surface area contributed by atoms with E-state index in [-0.39, 0.29) is 18.3 Å². The predicted octanol–water partition coefficient (Wildman–Crippen LogP) is 1.47. The maximum absolute atomic E-state index is 13.3. The fourth-order valence-electron chi connectivity index (χ4n) is 2.14. The zero-order chi connectivity index (χ0) is 18.1. The number of nitrogens with zero attached hydrogens (tertiary/aromatic N) is 1. The summed E-state index contributed by atoms with van der Waals surface area (Å²) in [6.07, 6.45) is -4.66. The van der Waals surface area contributed by atoms with Crippen LogP contribution in [0.5, 0.6) is 0 Å². The molecule has 0 spiro atoms. The molecule has 6 nitrogen and oxygen atoms in total. The van der Waals surface area contributed by atoms with Gasteiger partial charge in [0.05, 0.1) is 13.0 Å². The third-order valence-corrected chi connectivity index (χ3v) is 3.77. The molecule has 1 saturated carbocycles. The van der Waals surface area contributed by atoms with Gasteiger partial charge in [0.25, 0.3) is 0 Å². The molecule has 2 rings (SSSR count). The Hall–Kier alpha value is -2.03. The highest BCUT2D eigenvalue weighted by atomic mass is 19.4. The number of rotatable bonds is 6. The van der Waals surface area contributed by atoms with Gasteiger partial charge in [-0.1, -0.05) is 0 Å². The lowest BCUT2D eigenvalue weighted by molar-refractivity contribution is -0.274. The monoisotopic (exact) mass is 348 g/mol. The Morgan fingerprint density at radius 2 is 2.00 bits per heavy atom. The number of carbonyl (C=O) groups is 2. The van der Waals surface area contributed by atoms with Crippen molar-refractivity contribution in [2.24, 2.45) is 0 Å². The normalized spacial score (nSPS) is 17.2. The van der Waals surface area contributed by atoms with Crippen LogP contribution in [0.2, 0.25) is 0 Å². The Kier molecular flexibility index (Phi) is 4.93. The molecule has 0 bridgehead atoms. The highest BCUT2D eigenvalue weighted by Gasteiger charge is 2.58. The molecular weight excluding hydrogens is 329 g/mol. The first-order chi connectivity index (χ1) is 11.0. The Morgan fingerprint density at radius 3 is 2.46 bits per heavy atom. The van der Waals surface area contributed by atoms with E-state index in [0.717, 1.165) is 23.8 Å². The molecule has 0 aliphatic heterocycles. The average molecular weight is 348 g/mol. The van der Waals surface area contributed by atoms with E-state index >= 15 is 0 Å². The molecule has 134 valence electrons. The van der Waals surface area contributed by atoms with Crippen LogP contribution in [0, 0.1) is 6.92 Å². The number of amides is 2. The van der Waals surface area contributed by atoms with E-state index in [2.05, 4.69) is 5.32 Å². The average Bonchev–Trinajstić information content (AvgIpc) is 3.14. The molecule has 1 aliphatic carbocycles. The summed E-state index contributed by atoms with van der Waals surface area (Å²) < 4.78 is 44.8. The van der Waals surface area contributed by atoms with Gasteiger partial charge in [0.2, 0.25) is 17.4 Å². The zero-order valence-corrected chi connectivity index (χ0v) is 13.3. The minimum Gasteiger partial charge on any atom is -0.463 e. The van der Waals surface area contributed by atoms with Crippen LogP contribution in [0.1, 0.15) is 30.8 Å². The second-order valence-corrected chi connectivity index (χ2v) is 6.04. The number of halogens is 3. The van der Waals surface area contributed by atoms with Crippen LogP contribution in [0.3, 0.4) is 0 Å². The van der Waals surface area contributed by atoms with Crippen molar-refractivity contribution in [1.82, 2.24) is 10.2 Å². The second kappa shape index (κ2) is 6.46. The second-order valence-electron chi connectivity index (χ2n) is 6.04. The fourth-order valence-corrected chi connectivity index (χ4v) is 2.14. The predicted molar refractivity (Wildman–Crippen MR) is 76.8 cm³/mol. The van der Waals surface area contributed by atoms with Crippen molar-refractivity contribution < 1.29 is 32.3 Å². The number of hydrogen-bond donors (Lipinski definition) is 2. The summed E-state index contributed by atoms with van der Waals surface area (Å²) in [7, 11) is 1.21. The van der Waals surface area contributed by atoms with Gasteiger partial charge in [0.15, 0.2) is 0 Å². The van der Waals surface area contributed by atoms with Crippen molar-refractivity contribution in [3.63, 3.8) is 0 Å². The van der Waals surface area contributed by atoms with Crippen molar-refractivity contribution in [2.75, 3.05) is 13.6 Å². The molecule has 1 unspecified atom stereocenters. The minimum atomic E-state index is -5.11. The van der Waals surface area contributed by atoms with E-state index in [4.69, 9.17) is 4.42 Å². The fraction of sp³-hybridized carbons (Fsp3) is 0.600. The van der Waals surface area contributed by atoms with Crippen molar-refractivity contribution in [3.8, 4) is 0 Å². The lowest BCUT2D eigenvalue weighted by Gasteiger charge is -2.29. The quantitative estimate of drug-likeness (QED) is 0.815. The van der Waals surface area contributed by atoms with Gasteiger partial charge >= 0.3 is 6.18 Å². The topological polar surface area (TPSA) is 82.8 Å². The van der Waals surface area contributed by atoms with Gasteiger partial charge in [-0.05, 0) is 31.9 Å². The van der Waals surface area contributed by atoms with Crippen LogP contribution in [-0.2, 0) is 15.2 Å². The van der Waals surface area contributed by atoms with Crippen molar-refractivity contribution in [3.05, 3.63) is 23.7 Å². The number of likely N-dealkylation sites (N-methyl/N-ethyl adjacent to an activating group) is 1. The molecule has 24 heavy (non-hydrogen) atoms. The van der Waals surface area contributed by atoms with Gasteiger partial charge in [0.1, 0.15) is 11.5 Å². The maximum Gasteiger partial charge on any atom is 0.425 e. The number of furan rings is 1. The van der Waals surface area contributed by atoms with Crippen molar-refractivity contribution in [1.29, 1.82) is 0 Å². The molecule has 0 saturated heterocycles. The molecule has 2 N–H and O–H groups in total. The minimum absolute atomic E-state index is 0.0826. The van der Waals surface area contributed by atoms with E-state index in [1.54, 1.807) is 0 Å². The standard InChI is InChI=1S/C15H19F3N2O4/c1-9-3-6-11(24-9)14(23,15(16,17)18)7-13(22)20(2)8-12(21)19-10-4-5-10/h3,6,10,23H,4-5,7-8H2,1-2H3,(H,19,21). The lowest BCUT2D eigenvalue weighted by atomic mass is 9.95. The summed E-state index contributed by atoms with van der Waals surface area (Å²) in [6, 6.07) is 2.33.